The second kappa shape index (κ2) is 7.67. The lowest BCUT2D eigenvalue weighted by atomic mass is 9.68. The van der Waals surface area contributed by atoms with Crippen molar-refractivity contribution in [3.63, 3.8) is 0 Å². The largest absolute Gasteiger partial charge is 0.330 e. The summed E-state index contributed by atoms with van der Waals surface area (Å²) >= 11 is 6.23. The van der Waals surface area contributed by atoms with Crippen molar-refractivity contribution < 1.29 is 0 Å². The minimum Gasteiger partial charge on any atom is -0.330 e. The number of piperidine rings is 1. The second-order valence-corrected chi connectivity index (χ2v) is 8.31. The minimum absolute atomic E-state index is 0.0977. The number of hydrogen-bond donors (Lipinski definition) is 1. The Morgan fingerprint density at radius 2 is 1.88 bits per heavy atom. The van der Waals surface area contributed by atoms with E-state index in [1.807, 2.05) is 17.1 Å². The van der Waals surface area contributed by atoms with E-state index in [0.29, 0.717) is 18.6 Å². The van der Waals surface area contributed by atoms with Crippen LogP contribution in [0, 0.1) is 0 Å². The Balaban J connectivity index is 1.36. The molecule has 2 fully saturated rings. The summed E-state index contributed by atoms with van der Waals surface area (Å²) in [4.78, 5) is 6.77. The maximum atomic E-state index is 6.24. The van der Waals surface area contributed by atoms with E-state index in [0.717, 1.165) is 43.8 Å². The monoisotopic (exact) mass is 373 g/mol. The SMILES string of the molecule is NCC1(c2cccc(Cl)c2)CCC(N2CCC(n3cncn3)CC2)CC1. The van der Waals surface area contributed by atoms with Crippen molar-refractivity contribution in [2.75, 3.05) is 19.6 Å². The summed E-state index contributed by atoms with van der Waals surface area (Å²) in [5.41, 5.74) is 7.66. The van der Waals surface area contributed by atoms with Crippen LogP contribution in [0.25, 0.3) is 0 Å². The molecule has 1 saturated carbocycles. The number of nitrogens with zero attached hydrogens (tertiary/aromatic N) is 4. The summed E-state index contributed by atoms with van der Waals surface area (Å²) < 4.78 is 2.02. The first kappa shape index (κ1) is 18.0. The number of halogens is 1. The molecule has 1 aliphatic heterocycles. The molecule has 140 valence electrons. The highest BCUT2D eigenvalue weighted by atomic mass is 35.5. The van der Waals surface area contributed by atoms with Crippen LogP contribution in [0.4, 0.5) is 0 Å². The Labute approximate surface area is 160 Å². The summed E-state index contributed by atoms with van der Waals surface area (Å²) in [6.07, 6.45) is 10.5. The van der Waals surface area contributed by atoms with Crippen molar-refractivity contribution in [1.82, 2.24) is 19.7 Å². The van der Waals surface area contributed by atoms with E-state index in [9.17, 15) is 0 Å². The van der Waals surface area contributed by atoms with Crippen molar-refractivity contribution in [3.8, 4) is 0 Å². The molecular formula is C20H28ClN5. The maximum absolute atomic E-state index is 6.24. The van der Waals surface area contributed by atoms with Crippen molar-refractivity contribution >= 4 is 11.6 Å². The molecule has 1 saturated heterocycles. The first-order chi connectivity index (χ1) is 12.7. The molecule has 4 rings (SSSR count). The van der Waals surface area contributed by atoms with Gasteiger partial charge in [0.2, 0.25) is 0 Å². The molecule has 1 aromatic heterocycles. The van der Waals surface area contributed by atoms with Crippen LogP contribution < -0.4 is 5.73 Å². The van der Waals surface area contributed by atoms with Crippen molar-refractivity contribution in [1.29, 1.82) is 0 Å². The zero-order valence-corrected chi connectivity index (χ0v) is 16.0. The van der Waals surface area contributed by atoms with E-state index in [2.05, 4.69) is 33.2 Å². The van der Waals surface area contributed by atoms with Gasteiger partial charge in [-0.05, 0) is 56.2 Å². The third-order valence-corrected chi connectivity index (χ3v) is 6.80. The minimum atomic E-state index is 0.0977. The van der Waals surface area contributed by atoms with Gasteiger partial charge in [-0.3, -0.25) is 0 Å². The Morgan fingerprint density at radius 1 is 1.12 bits per heavy atom. The fourth-order valence-electron chi connectivity index (χ4n) is 4.87. The predicted molar refractivity (Wildman–Crippen MR) is 104 cm³/mol. The molecule has 0 bridgehead atoms. The average Bonchev–Trinajstić information content (AvgIpc) is 3.23. The molecule has 1 aromatic carbocycles. The molecule has 6 heteroatoms. The lowest BCUT2D eigenvalue weighted by Gasteiger charge is -2.45. The third kappa shape index (κ3) is 3.53. The van der Waals surface area contributed by atoms with Crippen LogP contribution in [0.3, 0.4) is 0 Å². The molecule has 0 amide bonds. The van der Waals surface area contributed by atoms with Crippen LogP contribution in [0.1, 0.15) is 50.1 Å². The van der Waals surface area contributed by atoms with E-state index >= 15 is 0 Å². The Hall–Kier alpha value is -1.43. The van der Waals surface area contributed by atoms with Crippen LogP contribution in [-0.2, 0) is 5.41 Å². The zero-order chi connectivity index (χ0) is 18.0. The van der Waals surface area contributed by atoms with Gasteiger partial charge in [0.15, 0.2) is 0 Å². The molecule has 5 nitrogen and oxygen atoms in total. The molecule has 2 aromatic rings. The Kier molecular flexibility index (Phi) is 5.30. The van der Waals surface area contributed by atoms with Gasteiger partial charge in [-0.15, -0.1) is 0 Å². The fourth-order valence-corrected chi connectivity index (χ4v) is 5.06. The summed E-state index contributed by atoms with van der Waals surface area (Å²) in [5.74, 6) is 0. The van der Waals surface area contributed by atoms with E-state index in [-0.39, 0.29) is 5.41 Å². The third-order valence-electron chi connectivity index (χ3n) is 6.57. The first-order valence-corrected chi connectivity index (χ1v) is 10.1. The van der Waals surface area contributed by atoms with Gasteiger partial charge in [0.1, 0.15) is 12.7 Å². The van der Waals surface area contributed by atoms with Gasteiger partial charge in [0.25, 0.3) is 0 Å². The molecule has 1 aliphatic carbocycles. The quantitative estimate of drug-likeness (QED) is 0.892. The normalized spacial score (nSPS) is 28.3. The maximum Gasteiger partial charge on any atom is 0.137 e. The molecule has 0 radical (unpaired) electrons. The van der Waals surface area contributed by atoms with Crippen molar-refractivity contribution in [2.24, 2.45) is 5.73 Å². The van der Waals surface area contributed by atoms with E-state index in [4.69, 9.17) is 17.3 Å². The molecule has 0 unspecified atom stereocenters. The highest BCUT2D eigenvalue weighted by Crippen LogP contribution is 2.41. The summed E-state index contributed by atoms with van der Waals surface area (Å²) in [5, 5.41) is 5.12. The highest BCUT2D eigenvalue weighted by Gasteiger charge is 2.38. The number of likely N-dealkylation sites (tertiary alicyclic amines) is 1. The number of rotatable bonds is 4. The summed E-state index contributed by atoms with van der Waals surface area (Å²) in [6, 6.07) is 9.49. The molecule has 26 heavy (non-hydrogen) atoms. The van der Waals surface area contributed by atoms with Crippen LogP contribution in [0.15, 0.2) is 36.9 Å². The topological polar surface area (TPSA) is 60.0 Å². The average molecular weight is 374 g/mol. The molecule has 2 aliphatic rings. The van der Waals surface area contributed by atoms with Gasteiger partial charge >= 0.3 is 0 Å². The van der Waals surface area contributed by atoms with Crippen LogP contribution in [-0.4, -0.2) is 45.3 Å². The van der Waals surface area contributed by atoms with Gasteiger partial charge in [-0.2, -0.15) is 5.10 Å². The molecular weight excluding hydrogens is 346 g/mol. The van der Waals surface area contributed by atoms with Crippen LogP contribution in [0.5, 0.6) is 0 Å². The predicted octanol–water partition coefficient (Wildman–Crippen LogP) is 3.41. The fraction of sp³-hybridized carbons (Fsp3) is 0.600. The standard InChI is InChI=1S/C20H28ClN5/c21-17-3-1-2-16(12-17)20(13-22)8-4-18(5-9-20)25-10-6-19(7-11-25)26-15-23-14-24-26/h1-3,12,14-15,18-19H,4-11,13,22H2. The molecule has 2 N–H and O–H groups in total. The summed E-state index contributed by atoms with van der Waals surface area (Å²) in [7, 11) is 0. The van der Waals surface area contributed by atoms with E-state index in [1.54, 1.807) is 6.33 Å². The first-order valence-electron chi connectivity index (χ1n) is 9.74. The highest BCUT2D eigenvalue weighted by molar-refractivity contribution is 6.30. The number of aromatic nitrogens is 3. The zero-order valence-electron chi connectivity index (χ0n) is 15.2. The van der Waals surface area contributed by atoms with Gasteiger partial charge in [0, 0.05) is 36.1 Å². The summed E-state index contributed by atoms with van der Waals surface area (Å²) in [6.45, 7) is 3.01. The van der Waals surface area contributed by atoms with Crippen molar-refractivity contribution in [2.45, 2.75) is 56.0 Å². The molecule has 0 atom stereocenters. The Bertz CT molecular complexity index is 701. The lowest BCUT2D eigenvalue weighted by Crippen LogP contribution is -2.48. The van der Waals surface area contributed by atoms with Crippen LogP contribution in [0.2, 0.25) is 5.02 Å². The second-order valence-electron chi connectivity index (χ2n) is 7.87. The van der Waals surface area contributed by atoms with Gasteiger partial charge in [-0.1, -0.05) is 23.7 Å². The van der Waals surface area contributed by atoms with E-state index in [1.165, 1.54) is 18.4 Å². The van der Waals surface area contributed by atoms with Gasteiger partial charge in [0.05, 0.1) is 6.04 Å². The number of benzene rings is 1. The van der Waals surface area contributed by atoms with Gasteiger partial charge < -0.3 is 10.6 Å². The lowest BCUT2D eigenvalue weighted by molar-refractivity contribution is 0.0870. The van der Waals surface area contributed by atoms with Crippen LogP contribution >= 0.6 is 11.6 Å². The molecule has 0 spiro atoms. The number of hydrogen-bond acceptors (Lipinski definition) is 4. The van der Waals surface area contributed by atoms with Crippen molar-refractivity contribution in [3.05, 3.63) is 47.5 Å². The number of nitrogens with two attached hydrogens (primary N) is 1. The van der Waals surface area contributed by atoms with E-state index < -0.39 is 0 Å². The molecule has 2 heterocycles. The van der Waals surface area contributed by atoms with Gasteiger partial charge in [-0.25, -0.2) is 9.67 Å². The Morgan fingerprint density at radius 3 is 2.50 bits per heavy atom. The smallest absolute Gasteiger partial charge is 0.137 e.